The molecule has 0 fully saturated rings. The van der Waals surface area contributed by atoms with E-state index >= 15 is 0 Å². The predicted octanol–water partition coefficient (Wildman–Crippen LogP) is 3.04. The summed E-state index contributed by atoms with van der Waals surface area (Å²) in [7, 11) is 0. The van der Waals surface area contributed by atoms with Crippen molar-refractivity contribution < 1.29 is 9.53 Å². The van der Waals surface area contributed by atoms with E-state index in [2.05, 4.69) is 11.2 Å². The van der Waals surface area contributed by atoms with Gasteiger partial charge < -0.3 is 4.74 Å². The summed E-state index contributed by atoms with van der Waals surface area (Å²) < 4.78 is 7.54. The Labute approximate surface area is 118 Å². The van der Waals surface area contributed by atoms with Crippen LogP contribution in [0.15, 0.2) is 36.7 Å². The Morgan fingerprint density at radius 1 is 1.45 bits per heavy atom. The fourth-order valence-electron chi connectivity index (χ4n) is 2.64. The zero-order valence-electron chi connectivity index (χ0n) is 11.6. The maximum Gasteiger partial charge on any atom is 0.165 e. The standard InChI is InChI=1S/C16H18N2O2/c1-2-15(19)13-9-17-18(11-13)10-12-7-8-20-16-6-4-3-5-14(12)16/h3-6,9,11-12H,2,7-8,10H2,1H3. The van der Waals surface area contributed by atoms with Gasteiger partial charge in [0.2, 0.25) is 0 Å². The molecule has 0 bridgehead atoms. The van der Waals surface area contributed by atoms with E-state index in [0.29, 0.717) is 17.9 Å². The summed E-state index contributed by atoms with van der Waals surface area (Å²) in [6, 6.07) is 8.15. The normalized spacial score (nSPS) is 17.4. The van der Waals surface area contributed by atoms with Crippen molar-refractivity contribution in [3.8, 4) is 5.75 Å². The van der Waals surface area contributed by atoms with Crippen LogP contribution in [0.25, 0.3) is 0 Å². The summed E-state index contributed by atoms with van der Waals surface area (Å²) >= 11 is 0. The molecule has 1 unspecified atom stereocenters. The lowest BCUT2D eigenvalue weighted by molar-refractivity contribution is 0.0988. The first kappa shape index (κ1) is 12.9. The van der Waals surface area contributed by atoms with Gasteiger partial charge in [-0.1, -0.05) is 25.1 Å². The van der Waals surface area contributed by atoms with E-state index in [9.17, 15) is 4.79 Å². The number of carbonyl (C=O) groups is 1. The zero-order valence-corrected chi connectivity index (χ0v) is 11.6. The summed E-state index contributed by atoms with van der Waals surface area (Å²) in [5, 5.41) is 4.31. The molecule has 1 atom stereocenters. The highest BCUT2D eigenvalue weighted by molar-refractivity contribution is 5.95. The first-order chi connectivity index (χ1) is 9.78. The number of rotatable bonds is 4. The van der Waals surface area contributed by atoms with Crippen molar-refractivity contribution in [3.05, 3.63) is 47.8 Å². The lowest BCUT2D eigenvalue weighted by Crippen LogP contribution is -2.18. The van der Waals surface area contributed by atoms with Gasteiger partial charge in [-0.15, -0.1) is 0 Å². The van der Waals surface area contributed by atoms with Gasteiger partial charge in [0.05, 0.1) is 18.4 Å². The Morgan fingerprint density at radius 3 is 3.15 bits per heavy atom. The first-order valence-electron chi connectivity index (χ1n) is 7.05. The van der Waals surface area contributed by atoms with Crippen LogP contribution in [-0.2, 0) is 6.54 Å². The van der Waals surface area contributed by atoms with Gasteiger partial charge in [0, 0.05) is 25.1 Å². The molecule has 0 saturated carbocycles. The SMILES string of the molecule is CCC(=O)c1cnn(CC2CCOc3ccccc32)c1. The highest BCUT2D eigenvalue weighted by atomic mass is 16.5. The highest BCUT2D eigenvalue weighted by Gasteiger charge is 2.21. The second kappa shape index (κ2) is 5.49. The van der Waals surface area contributed by atoms with Crippen molar-refractivity contribution in [1.29, 1.82) is 0 Å². The van der Waals surface area contributed by atoms with Crippen LogP contribution in [0.4, 0.5) is 0 Å². The average Bonchev–Trinajstić information content (AvgIpc) is 2.95. The van der Waals surface area contributed by atoms with Gasteiger partial charge in [0.15, 0.2) is 5.78 Å². The minimum Gasteiger partial charge on any atom is -0.493 e. The maximum atomic E-state index is 11.6. The Kier molecular flexibility index (Phi) is 3.54. The topological polar surface area (TPSA) is 44.1 Å². The van der Waals surface area contributed by atoms with E-state index in [-0.39, 0.29) is 5.78 Å². The van der Waals surface area contributed by atoms with Gasteiger partial charge in [-0.3, -0.25) is 9.48 Å². The number of fused-ring (bicyclic) bond motifs is 1. The van der Waals surface area contributed by atoms with Crippen LogP contribution >= 0.6 is 0 Å². The highest BCUT2D eigenvalue weighted by Crippen LogP contribution is 2.34. The van der Waals surface area contributed by atoms with Crippen molar-refractivity contribution in [2.75, 3.05) is 6.61 Å². The lowest BCUT2D eigenvalue weighted by atomic mass is 9.93. The molecule has 0 aliphatic carbocycles. The molecule has 0 amide bonds. The van der Waals surface area contributed by atoms with Crippen LogP contribution in [0.1, 0.15) is 41.6 Å². The molecular formula is C16H18N2O2. The molecule has 1 aromatic heterocycles. The molecule has 1 aliphatic heterocycles. The molecule has 0 spiro atoms. The Hall–Kier alpha value is -2.10. The van der Waals surface area contributed by atoms with E-state index in [1.165, 1.54) is 5.56 Å². The fourth-order valence-corrected chi connectivity index (χ4v) is 2.64. The zero-order chi connectivity index (χ0) is 13.9. The molecule has 0 N–H and O–H groups in total. The largest absolute Gasteiger partial charge is 0.493 e. The van der Waals surface area contributed by atoms with Gasteiger partial charge in [-0.05, 0) is 18.1 Å². The molecule has 20 heavy (non-hydrogen) atoms. The molecule has 104 valence electrons. The van der Waals surface area contributed by atoms with E-state index < -0.39 is 0 Å². The van der Waals surface area contributed by atoms with Gasteiger partial charge in [0.1, 0.15) is 5.75 Å². The number of para-hydroxylation sites is 1. The monoisotopic (exact) mass is 270 g/mol. The molecule has 0 radical (unpaired) electrons. The van der Waals surface area contributed by atoms with E-state index in [0.717, 1.165) is 25.3 Å². The molecule has 1 aromatic carbocycles. The number of aromatic nitrogens is 2. The first-order valence-corrected chi connectivity index (χ1v) is 7.05. The van der Waals surface area contributed by atoms with Crippen LogP contribution in [0, 0.1) is 0 Å². The van der Waals surface area contributed by atoms with Crippen LogP contribution in [0.2, 0.25) is 0 Å². The molecule has 4 nitrogen and oxygen atoms in total. The summed E-state index contributed by atoms with van der Waals surface area (Å²) in [6.45, 7) is 3.40. The van der Waals surface area contributed by atoms with Crippen molar-refractivity contribution in [2.24, 2.45) is 0 Å². The van der Waals surface area contributed by atoms with E-state index in [1.807, 2.05) is 36.0 Å². The Bertz CT molecular complexity index is 618. The van der Waals surface area contributed by atoms with Crippen molar-refractivity contribution in [3.63, 3.8) is 0 Å². The smallest absolute Gasteiger partial charge is 0.165 e. The summed E-state index contributed by atoms with van der Waals surface area (Å²) in [5.41, 5.74) is 1.94. The second-order valence-electron chi connectivity index (χ2n) is 5.10. The van der Waals surface area contributed by atoms with Gasteiger partial charge >= 0.3 is 0 Å². The molecule has 3 rings (SSSR count). The Balaban J connectivity index is 1.79. The lowest BCUT2D eigenvalue weighted by Gasteiger charge is -2.25. The number of hydrogen-bond donors (Lipinski definition) is 0. The summed E-state index contributed by atoms with van der Waals surface area (Å²) in [4.78, 5) is 11.6. The van der Waals surface area contributed by atoms with Crippen molar-refractivity contribution >= 4 is 5.78 Å². The second-order valence-corrected chi connectivity index (χ2v) is 5.10. The number of carbonyl (C=O) groups excluding carboxylic acids is 1. The van der Waals surface area contributed by atoms with Crippen molar-refractivity contribution in [1.82, 2.24) is 9.78 Å². The van der Waals surface area contributed by atoms with Gasteiger partial charge in [-0.25, -0.2) is 0 Å². The average molecular weight is 270 g/mol. The summed E-state index contributed by atoms with van der Waals surface area (Å²) in [6.07, 6.45) is 5.01. The summed E-state index contributed by atoms with van der Waals surface area (Å²) in [5.74, 6) is 1.51. The van der Waals surface area contributed by atoms with Gasteiger partial charge in [0.25, 0.3) is 0 Å². The molecule has 2 heterocycles. The van der Waals surface area contributed by atoms with Gasteiger partial charge in [-0.2, -0.15) is 5.10 Å². The number of ether oxygens (including phenoxy) is 1. The minimum absolute atomic E-state index is 0.142. The molecular weight excluding hydrogens is 252 g/mol. The quantitative estimate of drug-likeness (QED) is 0.802. The molecule has 2 aromatic rings. The van der Waals surface area contributed by atoms with Crippen LogP contribution in [0.5, 0.6) is 5.75 Å². The third-order valence-corrected chi connectivity index (χ3v) is 3.77. The van der Waals surface area contributed by atoms with Crippen LogP contribution in [0.3, 0.4) is 0 Å². The molecule has 4 heteroatoms. The number of ketones is 1. The molecule has 0 saturated heterocycles. The number of hydrogen-bond acceptors (Lipinski definition) is 3. The van der Waals surface area contributed by atoms with Crippen molar-refractivity contribution in [2.45, 2.75) is 32.2 Å². The molecule has 1 aliphatic rings. The van der Waals surface area contributed by atoms with E-state index in [1.54, 1.807) is 6.20 Å². The third-order valence-electron chi connectivity index (χ3n) is 3.77. The minimum atomic E-state index is 0.142. The number of benzene rings is 1. The Morgan fingerprint density at radius 2 is 2.30 bits per heavy atom. The number of nitrogens with zero attached hydrogens (tertiary/aromatic N) is 2. The van der Waals surface area contributed by atoms with Crippen LogP contribution < -0.4 is 4.74 Å². The van der Waals surface area contributed by atoms with E-state index in [4.69, 9.17) is 4.74 Å². The fraction of sp³-hybridized carbons (Fsp3) is 0.375. The third kappa shape index (κ3) is 2.46. The number of Topliss-reactive ketones (excluding diaryl/α,β-unsaturated/α-hetero) is 1. The predicted molar refractivity (Wildman–Crippen MR) is 76.1 cm³/mol. The maximum absolute atomic E-state index is 11.6. The van der Waals surface area contributed by atoms with Crippen LogP contribution in [-0.4, -0.2) is 22.2 Å².